The molecule has 0 spiro atoms. The molecule has 2 N–H and O–H groups in total. The van der Waals surface area contributed by atoms with E-state index in [4.69, 9.17) is 5.11 Å². The van der Waals surface area contributed by atoms with Crippen LogP contribution in [0.15, 0.2) is 36.0 Å². The van der Waals surface area contributed by atoms with E-state index in [1.54, 1.807) is 6.08 Å². The van der Waals surface area contributed by atoms with Crippen molar-refractivity contribution in [3.8, 4) is 0 Å². The predicted molar refractivity (Wildman–Crippen MR) is 99.9 cm³/mol. The van der Waals surface area contributed by atoms with Crippen LogP contribution in [0.3, 0.4) is 0 Å². The Balaban J connectivity index is 1.98. The number of hydrogen-bond donors (Lipinski definition) is 2. The third-order valence-corrected chi connectivity index (χ3v) is 7.44. The molecule has 0 aromatic carbocycles. The van der Waals surface area contributed by atoms with Crippen LogP contribution >= 0.6 is 0 Å². The van der Waals surface area contributed by atoms with Crippen LogP contribution < -0.4 is 0 Å². The Morgan fingerprint density at radius 2 is 1.92 bits per heavy atom. The molecule has 3 fully saturated rings. The Bertz CT molecular complexity index is 617. The first-order valence-corrected chi connectivity index (χ1v) is 9.70. The van der Waals surface area contributed by atoms with Crippen molar-refractivity contribution in [1.29, 1.82) is 0 Å². The van der Waals surface area contributed by atoms with E-state index in [0.717, 1.165) is 12.8 Å². The molecule has 0 aliphatic heterocycles. The van der Waals surface area contributed by atoms with Crippen LogP contribution in [0.4, 0.5) is 0 Å². The summed E-state index contributed by atoms with van der Waals surface area (Å²) in [5.74, 6) is 2.06. The highest BCUT2D eigenvalue weighted by Crippen LogP contribution is 2.72. The summed E-state index contributed by atoms with van der Waals surface area (Å²) in [6.45, 7) is 9.09. The van der Waals surface area contributed by atoms with Crippen LogP contribution in [0.25, 0.3) is 0 Å². The van der Waals surface area contributed by atoms with Gasteiger partial charge in [-0.25, -0.2) is 4.79 Å². The highest BCUT2D eigenvalue weighted by atomic mass is 16.4. The lowest BCUT2D eigenvalue weighted by Crippen LogP contribution is -2.49. The van der Waals surface area contributed by atoms with Crippen molar-refractivity contribution in [2.24, 2.45) is 40.9 Å². The van der Waals surface area contributed by atoms with Gasteiger partial charge in [-0.15, -0.1) is 0 Å². The number of carboxylic acid groups (broad SMARTS) is 1. The van der Waals surface area contributed by atoms with Gasteiger partial charge in [0.1, 0.15) is 0 Å². The number of allylic oxidation sites excluding steroid dienone is 5. The van der Waals surface area contributed by atoms with E-state index in [1.165, 1.54) is 18.1 Å². The predicted octanol–water partition coefficient (Wildman–Crippen LogP) is 4.45. The summed E-state index contributed by atoms with van der Waals surface area (Å²) in [7, 11) is 0. The summed E-state index contributed by atoms with van der Waals surface area (Å²) in [6.07, 6.45) is 12.2. The van der Waals surface area contributed by atoms with Gasteiger partial charge in [-0.1, -0.05) is 43.7 Å². The van der Waals surface area contributed by atoms with Crippen LogP contribution in [0.2, 0.25) is 0 Å². The second-order valence-corrected chi connectivity index (χ2v) is 8.76. The van der Waals surface area contributed by atoms with Crippen LogP contribution in [0.1, 0.15) is 47.0 Å². The molecule has 8 atom stereocenters. The molecule has 25 heavy (non-hydrogen) atoms. The maximum atomic E-state index is 10.7. The molecule has 3 heteroatoms. The van der Waals surface area contributed by atoms with Gasteiger partial charge in [-0.05, 0) is 74.0 Å². The van der Waals surface area contributed by atoms with Gasteiger partial charge in [0.25, 0.3) is 0 Å². The molecule has 138 valence electrons. The first-order valence-electron chi connectivity index (χ1n) is 9.70. The Hall–Kier alpha value is -1.35. The van der Waals surface area contributed by atoms with Gasteiger partial charge >= 0.3 is 5.97 Å². The smallest absolute Gasteiger partial charge is 0.328 e. The van der Waals surface area contributed by atoms with E-state index in [2.05, 4.69) is 39.8 Å². The van der Waals surface area contributed by atoms with E-state index in [-0.39, 0.29) is 11.5 Å². The topological polar surface area (TPSA) is 57.5 Å². The van der Waals surface area contributed by atoms with Crippen LogP contribution in [0, 0.1) is 40.9 Å². The largest absolute Gasteiger partial charge is 0.478 e. The molecule has 0 amide bonds. The van der Waals surface area contributed by atoms with Crippen molar-refractivity contribution < 1.29 is 15.0 Å². The molecule has 0 bridgehead atoms. The van der Waals surface area contributed by atoms with Crippen molar-refractivity contribution in [3.63, 3.8) is 0 Å². The number of aliphatic carboxylic acids is 1. The zero-order valence-electron chi connectivity index (χ0n) is 15.9. The maximum absolute atomic E-state index is 10.7. The molecule has 0 heterocycles. The molecule has 3 nitrogen and oxygen atoms in total. The summed E-state index contributed by atoms with van der Waals surface area (Å²) < 4.78 is 0. The highest BCUT2D eigenvalue weighted by Gasteiger charge is 2.68. The normalized spacial score (nSPS) is 46.9. The number of aliphatic hydroxyl groups excluding tert-OH is 1. The van der Waals surface area contributed by atoms with Crippen LogP contribution in [0.5, 0.6) is 0 Å². The van der Waals surface area contributed by atoms with E-state index >= 15 is 0 Å². The number of hydrogen-bond acceptors (Lipinski definition) is 2. The molecule has 3 aliphatic rings. The lowest BCUT2D eigenvalue weighted by molar-refractivity contribution is -0.131. The van der Waals surface area contributed by atoms with Gasteiger partial charge in [-0.2, -0.15) is 0 Å². The monoisotopic (exact) mass is 344 g/mol. The summed E-state index contributed by atoms with van der Waals surface area (Å²) in [5, 5.41) is 19.6. The fourth-order valence-electron chi connectivity index (χ4n) is 6.21. The van der Waals surface area contributed by atoms with Gasteiger partial charge in [0.15, 0.2) is 0 Å². The van der Waals surface area contributed by atoms with Crippen molar-refractivity contribution in [1.82, 2.24) is 0 Å². The van der Waals surface area contributed by atoms with Crippen LogP contribution in [-0.4, -0.2) is 22.3 Å². The molecule has 0 radical (unpaired) electrons. The van der Waals surface area contributed by atoms with Gasteiger partial charge in [0.2, 0.25) is 0 Å². The molecule has 3 aliphatic carbocycles. The lowest BCUT2D eigenvalue weighted by Gasteiger charge is -2.52. The lowest BCUT2D eigenvalue weighted by atomic mass is 9.53. The fourth-order valence-corrected chi connectivity index (χ4v) is 6.21. The molecule has 0 saturated heterocycles. The van der Waals surface area contributed by atoms with Crippen LogP contribution in [-0.2, 0) is 4.79 Å². The number of rotatable bonds is 4. The average Bonchev–Trinajstić information content (AvgIpc) is 3.25. The third kappa shape index (κ3) is 3.12. The number of aliphatic hydroxyl groups is 1. The zero-order chi connectivity index (χ0) is 18.4. The molecular weight excluding hydrogens is 312 g/mol. The van der Waals surface area contributed by atoms with E-state index in [9.17, 15) is 9.90 Å². The van der Waals surface area contributed by atoms with E-state index < -0.39 is 5.97 Å². The van der Waals surface area contributed by atoms with Gasteiger partial charge in [-0.3, -0.25) is 0 Å². The quantitative estimate of drug-likeness (QED) is 0.450. The summed E-state index contributed by atoms with van der Waals surface area (Å²) in [5.41, 5.74) is 1.72. The van der Waals surface area contributed by atoms with Gasteiger partial charge in [0, 0.05) is 6.08 Å². The number of carbonyl (C=O) groups is 1. The average molecular weight is 344 g/mol. The number of fused-ring (bicyclic) bond motifs is 3. The molecule has 3 rings (SSSR count). The highest BCUT2D eigenvalue weighted by molar-refractivity contribution is 5.80. The zero-order valence-corrected chi connectivity index (χ0v) is 15.9. The van der Waals surface area contributed by atoms with Gasteiger partial charge in [0.05, 0.1) is 6.10 Å². The van der Waals surface area contributed by atoms with Crippen molar-refractivity contribution in [2.45, 2.75) is 53.1 Å². The van der Waals surface area contributed by atoms with Crippen molar-refractivity contribution in [3.05, 3.63) is 36.0 Å². The first-order chi connectivity index (χ1) is 11.8. The Labute approximate surface area is 151 Å². The van der Waals surface area contributed by atoms with Crippen molar-refractivity contribution in [2.75, 3.05) is 0 Å². The van der Waals surface area contributed by atoms with E-state index in [0.29, 0.717) is 35.5 Å². The molecule has 0 aromatic heterocycles. The van der Waals surface area contributed by atoms with E-state index in [1.807, 2.05) is 6.08 Å². The van der Waals surface area contributed by atoms with Gasteiger partial charge < -0.3 is 10.2 Å². The minimum atomic E-state index is -0.914. The SMILES string of the molecule is C/C=C(\C)[C@H]1[C@@H](/C=C/C=C/C(=O)O)[C@H]2[C@H](C(O)CC[C@@H]2C)[C@H]2C[C@]21C. The fraction of sp³-hybridized carbons (Fsp3) is 0.682. The molecular formula is C22H32O3. The molecule has 3 saturated carbocycles. The summed E-state index contributed by atoms with van der Waals surface area (Å²) >= 11 is 0. The third-order valence-electron chi connectivity index (χ3n) is 7.44. The molecule has 1 unspecified atom stereocenters. The first kappa shape index (κ1) is 18.4. The minimum Gasteiger partial charge on any atom is -0.478 e. The number of carboxylic acids is 1. The second kappa shape index (κ2) is 6.75. The second-order valence-electron chi connectivity index (χ2n) is 8.76. The molecule has 0 aromatic rings. The minimum absolute atomic E-state index is 0.176. The standard InChI is InChI=1S/C22H32O3/c1-5-13(2)21-15(8-6-7-9-18(24)25)19-14(3)10-11-17(23)20(19)16-12-22(16,21)4/h5-9,14-17,19-21,23H,10-12H2,1-4H3,(H,24,25)/b8-6+,9-7+,13-5+/t14-,15-,16+,17?,19-,20-,21-,22+/m0/s1. The Kier molecular flexibility index (Phi) is 4.98. The Morgan fingerprint density at radius 3 is 2.56 bits per heavy atom. The summed E-state index contributed by atoms with van der Waals surface area (Å²) in [6, 6.07) is 0. The maximum Gasteiger partial charge on any atom is 0.328 e. The summed E-state index contributed by atoms with van der Waals surface area (Å²) in [4.78, 5) is 10.7. The van der Waals surface area contributed by atoms with Crippen molar-refractivity contribution >= 4 is 5.97 Å². The Morgan fingerprint density at radius 1 is 1.20 bits per heavy atom.